The van der Waals surface area contributed by atoms with Crippen molar-refractivity contribution in [3.63, 3.8) is 0 Å². The van der Waals surface area contributed by atoms with Crippen molar-refractivity contribution in [2.75, 3.05) is 31.5 Å². The van der Waals surface area contributed by atoms with E-state index in [1.165, 1.54) is 12.8 Å². The van der Waals surface area contributed by atoms with Crippen LogP contribution in [0.5, 0.6) is 0 Å². The molecule has 0 radical (unpaired) electrons. The fourth-order valence-electron chi connectivity index (χ4n) is 4.07. The second-order valence-electron chi connectivity index (χ2n) is 8.43. The molecule has 0 bridgehead atoms. The lowest BCUT2D eigenvalue weighted by Gasteiger charge is -2.30. The van der Waals surface area contributed by atoms with Gasteiger partial charge >= 0.3 is 0 Å². The zero-order valence-electron chi connectivity index (χ0n) is 18.1. The maximum Gasteiger partial charge on any atom is 0.270 e. The van der Waals surface area contributed by atoms with E-state index < -0.39 is 0 Å². The van der Waals surface area contributed by atoms with E-state index in [4.69, 9.17) is 16.0 Å². The Balaban J connectivity index is 1.41. The van der Waals surface area contributed by atoms with Gasteiger partial charge in [0.25, 0.3) is 5.91 Å². The average Bonchev–Trinajstić information content (AvgIpc) is 3.23. The Morgan fingerprint density at radius 2 is 2.19 bits per heavy atom. The minimum absolute atomic E-state index is 0.199. The highest BCUT2D eigenvalue weighted by Crippen LogP contribution is 2.28. The molecule has 2 aromatic heterocycles. The molecule has 7 heteroatoms. The van der Waals surface area contributed by atoms with E-state index in [2.05, 4.69) is 27.4 Å². The van der Waals surface area contributed by atoms with Gasteiger partial charge in [-0.15, -0.1) is 0 Å². The number of rotatable bonds is 7. The molecule has 1 aliphatic heterocycles. The highest BCUT2D eigenvalue weighted by atomic mass is 35.5. The number of halogens is 1. The van der Waals surface area contributed by atoms with Crippen LogP contribution >= 0.6 is 11.6 Å². The number of furan rings is 1. The number of likely N-dealkylation sites (tertiary alicyclic amines) is 1. The van der Waals surface area contributed by atoms with Crippen LogP contribution in [-0.4, -0.2) is 42.0 Å². The molecular formula is C24H29ClN4O2. The molecule has 0 spiro atoms. The first kappa shape index (κ1) is 21.7. The molecule has 6 nitrogen and oxygen atoms in total. The number of hydrogen-bond acceptors (Lipinski definition) is 5. The molecule has 0 aliphatic carbocycles. The summed E-state index contributed by atoms with van der Waals surface area (Å²) in [5, 5.41) is 7.75. The maximum absolute atomic E-state index is 12.7. The standard InChI is InChI=1S/C24H29ClN4O2/c1-16-5-3-10-29(15-16)11-4-9-26-24(30)21-14-22-19(8-12-31-22)23(28-21)27-18-7-6-17(2)20(25)13-18/h6-8,12-14,16H,3-5,9-11,15H2,1-2H3,(H,26,30)(H,27,28). The van der Waals surface area contributed by atoms with Gasteiger partial charge in [0.1, 0.15) is 17.1 Å². The maximum atomic E-state index is 12.7. The van der Waals surface area contributed by atoms with Crippen molar-refractivity contribution in [1.82, 2.24) is 15.2 Å². The number of carbonyl (C=O) groups excluding carboxylic acids is 1. The predicted octanol–water partition coefficient (Wildman–Crippen LogP) is 5.39. The number of piperidine rings is 1. The van der Waals surface area contributed by atoms with Gasteiger partial charge in [-0.05, 0) is 69.0 Å². The smallest absolute Gasteiger partial charge is 0.270 e. The summed E-state index contributed by atoms with van der Waals surface area (Å²) in [6.45, 7) is 8.21. The average molecular weight is 441 g/mol. The number of fused-ring (bicyclic) bond motifs is 1. The van der Waals surface area contributed by atoms with Crippen LogP contribution in [0.2, 0.25) is 5.02 Å². The van der Waals surface area contributed by atoms with Crippen molar-refractivity contribution in [3.8, 4) is 0 Å². The van der Waals surface area contributed by atoms with Gasteiger partial charge < -0.3 is 20.0 Å². The number of benzene rings is 1. The number of hydrogen-bond donors (Lipinski definition) is 2. The molecule has 3 heterocycles. The Morgan fingerprint density at radius 3 is 3.00 bits per heavy atom. The number of nitrogens with one attached hydrogen (secondary N) is 2. The van der Waals surface area contributed by atoms with Crippen LogP contribution in [0.4, 0.5) is 11.5 Å². The van der Waals surface area contributed by atoms with Crippen LogP contribution in [0.1, 0.15) is 42.2 Å². The van der Waals surface area contributed by atoms with E-state index in [0.717, 1.165) is 48.6 Å². The Morgan fingerprint density at radius 1 is 1.32 bits per heavy atom. The van der Waals surface area contributed by atoms with Crippen molar-refractivity contribution < 1.29 is 9.21 Å². The van der Waals surface area contributed by atoms with Crippen molar-refractivity contribution >= 4 is 40.0 Å². The van der Waals surface area contributed by atoms with Crippen LogP contribution in [0, 0.1) is 12.8 Å². The highest BCUT2D eigenvalue weighted by Gasteiger charge is 2.17. The Bertz CT molecular complexity index is 1060. The molecule has 1 saturated heterocycles. The van der Waals surface area contributed by atoms with E-state index in [1.54, 1.807) is 12.3 Å². The van der Waals surface area contributed by atoms with Crippen LogP contribution in [0.25, 0.3) is 11.0 Å². The Kier molecular flexibility index (Phi) is 6.78. The first-order valence-corrected chi connectivity index (χ1v) is 11.3. The molecule has 3 aromatic rings. The largest absolute Gasteiger partial charge is 0.464 e. The summed E-state index contributed by atoms with van der Waals surface area (Å²) in [4.78, 5) is 19.8. The number of amides is 1. The molecular weight excluding hydrogens is 412 g/mol. The van der Waals surface area contributed by atoms with Gasteiger partial charge in [-0.2, -0.15) is 0 Å². The first-order chi connectivity index (χ1) is 15.0. The summed E-state index contributed by atoms with van der Waals surface area (Å²) in [5.41, 5.74) is 2.75. The van der Waals surface area contributed by atoms with Gasteiger partial charge in [-0.25, -0.2) is 4.98 Å². The number of pyridine rings is 1. The van der Waals surface area contributed by atoms with Crippen molar-refractivity contribution in [1.29, 1.82) is 0 Å². The van der Waals surface area contributed by atoms with Gasteiger partial charge in [0.05, 0.1) is 11.6 Å². The minimum atomic E-state index is -0.199. The summed E-state index contributed by atoms with van der Waals surface area (Å²) in [6.07, 6.45) is 5.11. The molecule has 1 fully saturated rings. The Labute approximate surface area is 188 Å². The van der Waals surface area contributed by atoms with E-state index in [0.29, 0.717) is 28.7 Å². The zero-order valence-corrected chi connectivity index (χ0v) is 18.8. The number of nitrogens with zero attached hydrogens (tertiary/aromatic N) is 2. The van der Waals surface area contributed by atoms with Gasteiger partial charge in [-0.3, -0.25) is 4.79 Å². The third-order valence-electron chi connectivity index (χ3n) is 5.80. The molecule has 4 rings (SSSR count). The van der Waals surface area contributed by atoms with E-state index in [9.17, 15) is 4.79 Å². The van der Waals surface area contributed by atoms with Gasteiger partial charge in [0.15, 0.2) is 0 Å². The Hall–Kier alpha value is -2.57. The van der Waals surface area contributed by atoms with Crippen LogP contribution < -0.4 is 10.6 Å². The second-order valence-corrected chi connectivity index (χ2v) is 8.84. The molecule has 164 valence electrons. The van der Waals surface area contributed by atoms with Gasteiger partial charge in [0, 0.05) is 29.9 Å². The van der Waals surface area contributed by atoms with E-state index in [-0.39, 0.29) is 5.91 Å². The second kappa shape index (κ2) is 9.71. The van der Waals surface area contributed by atoms with Crippen LogP contribution in [0.3, 0.4) is 0 Å². The summed E-state index contributed by atoms with van der Waals surface area (Å²) >= 11 is 6.25. The van der Waals surface area contributed by atoms with Crippen LogP contribution in [0.15, 0.2) is 41.0 Å². The van der Waals surface area contributed by atoms with Crippen molar-refractivity contribution in [2.45, 2.75) is 33.1 Å². The first-order valence-electron chi connectivity index (χ1n) is 10.9. The number of aryl methyl sites for hydroxylation is 1. The number of carbonyl (C=O) groups is 1. The third-order valence-corrected chi connectivity index (χ3v) is 6.20. The molecule has 1 unspecified atom stereocenters. The summed E-state index contributed by atoms with van der Waals surface area (Å²) in [5.74, 6) is 1.14. The molecule has 1 aromatic carbocycles. The predicted molar refractivity (Wildman–Crippen MR) is 125 cm³/mol. The van der Waals surface area contributed by atoms with Gasteiger partial charge in [-0.1, -0.05) is 24.6 Å². The molecule has 0 saturated carbocycles. The van der Waals surface area contributed by atoms with Gasteiger partial charge in [0.2, 0.25) is 0 Å². The van der Waals surface area contributed by atoms with Crippen LogP contribution in [-0.2, 0) is 0 Å². The molecule has 2 N–H and O–H groups in total. The summed E-state index contributed by atoms with van der Waals surface area (Å²) < 4.78 is 5.55. The molecule has 1 amide bonds. The lowest BCUT2D eigenvalue weighted by molar-refractivity contribution is 0.0945. The van der Waals surface area contributed by atoms with E-state index in [1.807, 2.05) is 31.2 Å². The summed E-state index contributed by atoms with van der Waals surface area (Å²) in [7, 11) is 0. The number of anilines is 2. The lowest BCUT2D eigenvalue weighted by Crippen LogP contribution is -2.36. The van der Waals surface area contributed by atoms with Crippen molar-refractivity contribution in [2.24, 2.45) is 5.92 Å². The summed E-state index contributed by atoms with van der Waals surface area (Å²) in [6, 6.07) is 9.24. The molecule has 31 heavy (non-hydrogen) atoms. The van der Waals surface area contributed by atoms with E-state index >= 15 is 0 Å². The minimum Gasteiger partial charge on any atom is -0.464 e. The lowest BCUT2D eigenvalue weighted by atomic mass is 10.0. The quantitative estimate of drug-likeness (QED) is 0.482. The topological polar surface area (TPSA) is 70.4 Å². The zero-order chi connectivity index (χ0) is 21.8. The molecule has 1 atom stereocenters. The third kappa shape index (κ3) is 5.38. The fraction of sp³-hybridized carbons (Fsp3) is 0.417. The molecule has 1 aliphatic rings. The number of aromatic nitrogens is 1. The highest BCUT2D eigenvalue weighted by molar-refractivity contribution is 6.31. The SMILES string of the molecule is Cc1ccc(Nc2nc(C(=O)NCCCN3CCCC(C)C3)cc3occc23)cc1Cl. The normalized spacial score (nSPS) is 17.1. The monoisotopic (exact) mass is 440 g/mol. The fourth-order valence-corrected chi connectivity index (χ4v) is 4.25. The van der Waals surface area contributed by atoms with Crippen molar-refractivity contribution in [3.05, 3.63) is 52.9 Å².